The number of rotatable bonds is 6. The molecular weight excluding hydrogens is 164 g/mol. The molecule has 0 aromatic carbocycles. The molecule has 78 valence electrons. The van der Waals surface area contributed by atoms with Gasteiger partial charge in [-0.15, -0.1) is 0 Å². The van der Waals surface area contributed by atoms with Crippen molar-refractivity contribution < 1.29 is 4.79 Å². The lowest BCUT2D eigenvalue weighted by molar-refractivity contribution is -0.117. The fraction of sp³-hybridized carbons (Fsp3) is 0.900. The molecule has 0 saturated heterocycles. The van der Waals surface area contributed by atoms with Crippen LogP contribution in [-0.4, -0.2) is 55.4 Å². The summed E-state index contributed by atoms with van der Waals surface area (Å²) in [6.07, 6.45) is 0. The molecule has 0 aliphatic rings. The smallest absolute Gasteiger partial charge is 0.143 e. The Kier molecular flexibility index (Phi) is 5.91. The van der Waals surface area contributed by atoms with E-state index < -0.39 is 0 Å². The molecule has 0 amide bonds. The number of likely N-dealkylation sites (N-methyl/N-ethyl adjacent to an activating group) is 2. The first-order chi connectivity index (χ1) is 5.93. The maximum atomic E-state index is 10.8. The fourth-order valence-corrected chi connectivity index (χ4v) is 1.05. The van der Waals surface area contributed by atoms with Crippen molar-refractivity contribution in [3.8, 4) is 0 Å². The Morgan fingerprint density at radius 2 is 1.77 bits per heavy atom. The Balaban J connectivity index is 3.57. The molecule has 0 aliphatic carbocycles. The second kappa shape index (κ2) is 6.11. The summed E-state index contributed by atoms with van der Waals surface area (Å²) in [6, 6.07) is 0.575. The van der Waals surface area contributed by atoms with Gasteiger partial charge in [0.2, 0.25) is 0 Å². The van der Waals surface area contributed by atoms with Crippen molar-refractivity contribution in [3.05, 3.63) is 0 Å². The lowest BCUT2D eigenvalue weighted by Gasteiger charge is -2.24. The standard InChI is InChI=1S/C10H22N2O/c1-9(2)12(5)7-6-11(4)8-10(3)13/h9H,6-8H2,1-5H3. The first kappa shape index (κ1) is 12.6. The average molecular weight is 186 g/mol. The molecule has 0 N–H and O–H groups in total. The van der Waals surface area contributed by atoms with Gasteiger partial charge in [-0.1, -0.05) is 0 Å². The number of hydrogen-bond acceptors (Lipinski definition) is 3. The summed E-state index contributed by atoms with van der Waals surface area (Å²) in [4.78, 5) is 15.1. The minimum Gasteiger partial charge on any atom is -0.303 e. The van der Waals surface area contributed by atoms with Crippen LogP contribution in [0.3, 0.4) is 0 Å². The highest BCUT2D eigenvalue weighted by Crippen LogP contribution is 1.93. The van der Waals surface area contributed by atoms with Gasteiger partial charge in [0.1, 0.15) is 5.78 Å². The van der Waals surface area contributed by atoms with Gasteiger partial charge < -0.3 is 4.90 Å². The number of Topliss-reactive ketones (excluding diaryl/α,β-unsaturated/α-hetero) is 1. The molecule has 0 unspecified atom stereocenters. The summed E-state index contributed by atoms with van der Waals surface area (Å²) in [6.45, 7) is 8.50. The maximum Gasteiger partial charge on any atom is 0.143 e. The monoisotopic (exact) mass is 186 g/mol. The van der Waals surface area contributed by atoms with Crippen LogP contribution in [0.1, 0.15) is 20.8 Å². The third-order valence-corrected chi connectivity index (χ3v) is 2.21. The maximum absolute atomic E-state index is 10.8. The van der Waals surface area contributed by atoms with Crippen LogP contribution in [-0.2, 0) is 4.79 Å². The summed E-state index contributed by atoms with van der Waals surface area (Å²) in [5.74, 6) is 0.231. The second-order valence-corrected chi connectivity index (χ2v) is 4.01. The van der Waals surface area contributed by atoms with Crippen molar-refractivity contribution in [1.82, 2.24) is 9.80 Å². The van der Waals surface area contributed by atoms with E-state index >= 15 is 0 Å². The zero-order valence-corrected chi connectivity index (χ0v) is 9.50. The van der Waals surface area contributed by atoms with Gasteiger partial charge in [-0.25, -0.2) is 0 Å². The van der Waals surface area contributed by atoms with Gasteiger partial charge >= 0.3 is 0 Å². The van der Waals surface area contributed by atoms with Crippen molar-refractivity contribution >= 4 is 5.78 Å². The van der Waals surface area contributed by atoms with E-state index in [2.05, 4.69) is 30.7 Å². The summed E-state index contributed by atoms with van der Waals surface area (Å²) >= 11 is 0. The summed E-state index contributed by atoms with van der Waals surface area (Å²) in [5, 5.41) is 0. The molecular formula is C10H22N2O. The number of ketones is 1. The van der Waals surface area contributed by atoms with Gasteiger partial charge in [0.05, 0.1) is 6.54 Å². The van der Waals surface area contributed by atoms with Crippen LogP contribution in [0.5, 0.6) is 0 Å². The number of hydrogen-bond donors (Lipinski definition) is 0. The molecule has 0 aromatic rings. The van der Waals surface area contributed by atoms with Crippen LogP contribution in [0.4, 0.5) is 0 Å². The normalized spacial score (nSPS) is 11.7. The van der Waals surface area contributed by atoms with Gasteiger partial charge in [-0.3, -0.25) is 9.69 Å². The van der Waals surface area contributed by atoms with Crippen molar-refractivity contribution in [1.29, 1.82) is 0 Å². The van der Waals surface area contributed by atoms with Crippen LogP contribution >= 0.6 is 0 Å². The molecule has 0 rings (SSSR count). The number of carbonyl (C=O) groups is 1. The van der Waals surface area contributed by atoms with Crippen LogP contribution < -0.4 is 0 Å². The van der Waals surface area contributed by atoms with Gasteiger partial charge in [0.15, 0.2) is 0 Å². The Morgan fingerprint density at radius 3 is 2.15 bits per heavy atom. The van der Waals surface area contributed by atoms with E-state index in [1.807, 2.05) is 7.05 Å². The minimum atomic E-state index is 0.231. The predicted molar refractivity (Wildman–Crippen MR) is 55.9 cm³/mol. The highest BCUT2D eigenvalue weighted by atomic mass is 16.1. The third-order valence-electron chi connectivity index (χ3n) is 2.21. The molecule has 0 heterocycles. The van der Waals surface area contributed by atoms with E-state index in [-0.39, 0.29) is 5.78 Å². The molecule has 0 saturated carbocycles. The topological polar surface area (TPSA) is 23.6 Å². The van der Waals surface area contributed by atoms with Gasteiger partial charge in [0.25, 0.3) is 0 Å². The average Bonchev–Trinajstić information content (AvgIpc) is 1.98. The van der Waals surface area contributed by atoms with E-state index in [0.717, 1.165) is 13.1 Å². The van der Waals surface area contributed by atoms with E-state index in [9.17, 15) is 4.79 Å². The lowest BCUT2D eigenvalue weighted by Crippen LogP contribution is -2.36. The fourth-order valence-electron chi connectivity index (χ4n) is 1.05. The van der Waals surface area contributed by atoms with E-state index in [4.69, 9.17) is 0 Å². The van der Waals surface area contributed by atoms with Gasteiger partial charge in [-0.05, 0) is 34.9 Å². The van der Waals surface area contributed by atoms with Crippen LogP contribution in [0.15, 0.2) is 0 Å². The van der Waals surface area contributed by atoms with Crippen molar-refractivity contribution in [2.75, 3.05) is 33.7 Å². The van der Waals surface area contributed by atoms with Crippen molar-refractivity contribution in [3.63, 3.8) is 0 Å². The van der Waals surface area contributed by atoms with Crippen molar-refractivity contribution in [2.24, 2.45) is 0 Å². The zero-order chi connectivity index (χ0) is 10.4. The summed E-state index contributed by atoms with van der Waals surface area (Å²) in [7, 11) is 4.09. The van der Waals surface area contributed by atoms with Crippen LogP contribution in [0.25, 0.3) is 0 Å². The largest absolute Gasteiger partial charge is 0.303 e. The molecule has 0 aromatic heterocycles. The first-order valence-electron chi connectivity index (χ1n) is 4.81. The molecule has 0 radical (unpaired) electrons. The zero-order valence-electron chi connectivity index (χ0n) is 9.50. The Hall–Kier alpha value is -0.410. The molecule has 0 atom stereocenters. The lowest BCUT2D eigenvalue weighted by atomic mass is 10.3. The summed E-state index contributed by atoms with van der Waals surface area (Å²) < 4.78 is 0. The predicted octanol–water partition coefficient (Wildman–Crippen LogP) is 0.847. The molecule has 0 bridgehead atoms. The van der Waals surface area contributed by atoms with Crippen molar-refractivity contribution in [2.45, 2.75) is 26.8 Å². The molecule has 0 spiro atoms. The summed E-state index contributed by atoms with van der Waals surface area (Å²) in [5.41, 5.74) is 0. The molecule has 13 heavy (non-hydrogen) atoms. The Labute approximate surface area is 81.7 Å². The van der Waals surface area contributed by atoms with Crippen LogP contribution in [0, 0.1) is 0 Å². The van der Waals surface area contributed by atoms with E-state index in [0.29, 0.717) is 12.6 Å². The van der Waals surface area contributed by atoms with Gasteiger partial charge in [-0.2, -0.15) is 0 Å². The molecule has 3 heteroatoms. The third kappa shape index (κ3) is 6.72. The number of nitrogens with zero attached hydrogens (tertiary/aromatic N) is 2. The molecule has 3 nitrogen and oxygen atoms in total. The Bertz CT molecular complexity index is 157. The SMILES string of the molecule is CC(=O)CN(C)CCN(C)C(C)C. The molecule has 0 fully saturated rings. The highest BCUT2D eigenvalue weighted by molar-refractivity contribution is 5.77. The van der Waals surface area contributed by atoms with E-state index in [1.54, 1.807) is 6.92 Å². The Morgan fingerprint density at radius 1 is 1.23 bits per heavy atom. The quantitative estimate of drug-likeness (QED) is 0.614. The second-order valence-electron chi connectivity index (χ2n) is 4.01. The van der Waals surface area contributed by atoms with Crippen LogP contribution in [0.2, 0.25) is 0 Å². The first-order valence-corrected chi connectivity index (χ1v) is 4.81. The minimum absolute atomic E-state index is 0.231. The number of carbonyl (C=O) groups excluding carboxylic acids is 1. The van der Waals surface area contributed by atoms with E-state index in [1.165, 1.54) is 0 Å². The van der Waals surface area contributed by atoms with Gasteiger partial charge in [0, 0.05) is 19.1 Å². The highest BCUT2D eigenvalue weighted by Gasteiger charge is 2.05. The molecule has 0 aliphatic heterocycles.